The maximum Gasteiger partial charge on any atom is 0.0589 e. The van der Waals surface area contributed by atoms with Gasteiger partial charge in [-0.05, 0) is 33.2 Å². The summed E-state index contributed by atoms with van der Waals surface area (Å²) in [6.07, 6.45) is 2.29. The minimum absolute atomic E-state index is 0.602. The maximum atomic E-state index is 5.63. The van der Waals surface area contributed by atoms with Crippen LogP contribution in [-0.2, 0) is 4.74 Å². The largest absolute Gasteiger partial charge is 0.383 e. The van der Waals surface area contributed by atoms with Crippen molar-refractivity contribution in [2.45, 2.75) is 32.7 Å². The van der Waals surface area contributed by atoms with Gasteiger partial charge >= 0.3 is 0 Å². The fraction of sp³-hybridized carbons (Fsp3) is 1.00. The van der Waals surface area contributed by atoms with Crippen LogP contribution < -0.4 is 0 Å². The molecule has 0 saturated carbocycles. The first kappa shape index (κ1) is 13.2. The van der Waals surface area contributed by atoms with Gasteiger partial charge < -0.3 is 4.74 Å². The molecular formula is C10H22ClNO. The van der Waals surface area contributed by atoms with E-state index in [0.717, 1.165) is 32.0 Å². The third-order valence-corrected chi connectivity index (χ3v) is 2.41. The smallest absolute Gasteiger partial charge is 0.0589 e. The normalized spacial score (nSPS) is 11.5. The molecule has 0 aliphatic rings. The molecular weight excluding hydrogens is 186 g/mol. The number of methoxy groups -OCH3 is 1. The molecule has 80 valence electrons. The fourth-order valence-electron chi connectivity index (χ4n) is 1.25. The maximum absolute atomic E-state index is 5.63. The fourth-order valence-corrected chi connectivity index (χ4v) is 1.44. The molecule has 0 heterocycles. The van der Waals surface area contributed by atoms with Crippen molar-refractivity contribution in [3.05, 3.63) is 0 Å². The van der Waals surface area contributed by atoms with Crippen LogP contribution in [0.5, 0.6) is 0 Å². The van der Waals surface area contributed by atoms with E-state index < -0.39 is 0 Å². The van der Waals surface area contributed by atoms with Crippen molar-refractivity contribution in [2.75, 3.05) is 32.7 Å². The Balaban J connectivity index is 3.54. The van der Waals surface area contributed by atoms with Crippen molar-refractivity contribution < 1.29 is 4.74 Å². The molecule has 0 aliphatic carbocycles. The minimum Gasteiger partial charge on any atom is -0.383 e. The van der Waals surface area contributed by atoms with Gasteiger partial charge in [-0.15, -0.1) is 11.6 Å². The summed E-state index contributed by atoms with van der Waals surface area (Å²) in [5.41, 5.74) is 0. The summed E-state index contributed by atoms with van der Waals surface area (Å²) in [4.78, 5) is 2.43. The van der Waals surface area contributed by atoms with E-state index in [1.807, 2.05) is 0 Å². The molecule has 0 aromatic rings. The number of hydrogen-bond donors (Lipinski definition) is 0. The standard InChI is InChI=1S/C10H22ClNO/c1-10(2)12(8-9-13-3)7-5-4-6-11/h10H,4-9H2,1-3H3. The monoisotopic (exact) mass is 207 g/mol. The molecule has 0 radical (unpaired) electrons. The Morgan fingerprint density at radius 2 is 1.92 bits per heavy atom. The highest BCUT2D eigenvalue weighted by molar-refractivity contribution is 6.17. The van der Waals surface area contributed by atoms with E-state index in [0.29, 0.717) is 6.04 Å². The zero-order valence-corrected chi connectivity index (χ0v) is 9.81. The number of halogens is 1. The van der Waals surface area contributed by atoms with Gasteiger partial charge in [0.25, 0.3) is 0 Å². The lowest BCUT2D eigenvalue weighted by Crippen LogP contribution is -2.34. The predicted molar refractivity (Wildman–Crippen MR) is 58.5 cm³/mol. The van der Waals surface area contributed by atoms with Crippen LogP contribution in [0.3, 0.4) is 0 Å². The molecule has 0 amide bonds. The van der Waals surface area contributed by atoms with Gasteiger partial charge in [0.2, 0.25) is 0 Å². The number of ether oxygens (including phenoxy) is 1. The summed E-state index contributed by atoms with van der Waals surface area (Å²) in [5.74, 6) is 0.774. The minimum atomic E-state index is 0.602. The van der Waals surface area contributed by atoms with Gasteiger partial charge in [0.15, 0.2) is 0 Å². The number of hydrogen-bond acceptors (Lipinski definition) is 2. The van der Waals surface area contributed by atoms with Gasteiger partial charge in [-0.25, -0.2) is 0 Å². The third-order valence-electron chi connectivity index (χ3n) is 2.14. The van der Waals surface area contributed by atoms with Gasteiger partial charge in [-0.1, -0.05) is 0 Å². The lowest BCUT2D eigenvalue weighted by atomic mass is 10.2. The van der Waals surface area contributed by atoms with Gasteiger partial charge in [-0.2, -0.15) is 0 Å². The summed E-state index contributed by atoms with van der Waals surface area (Å²) in [6, 6.07) is 0.602. The summed E-state index contributed by atoms with van der Waals surface area (Å²) in [5, 5.41) is 0. The third kappa shape index (κ3) is 7.29. The van der Waals surface area contributed by atoms with E-state index in [4.69, 9.17) is 16.3 Å². The lowest BCUT2D eigenvalue weighted by Gasteiger charge is -2.25. The van der Waals surface area contributed by atoms with E-state index in [-0.39, 0.29) is 0 Å². The van der Waals surface area contributed by atoms with Crippen molar-refractivity contribution >= 4 is 11.6 Å². The Bertz CT molecular complexity index is 109. The first-order chi connectivity index (χ1) is 6.22. The second-order valence-electron chi connectivity index (χ2n) is 3.52. The predicted octanol–water partition coefficient (Wildman–Crippen LogP) is 2.36. The van der Waals surface area contributed by atoms with Gasteiger partial charge in [0.05, 0.1) is 6.61 Å². The van der Waals surface area contributed by atoms with Gasteiger partial charge in [0.1, 0.15) is 0 Å². The average molecular weight is 208 g/mol. The molecule has 0 saturated heterocycles. The Morgan fingerprint density at radius 3 is 2.38 bits per heavy atom. The van der Waals surface area contributed by atoms with Crippen molar-refractivity contribution in [1.29, 1.82) is 0 Å². The Morgan fingerprint density at radius 1 is 1.23 bits per heavy atom. The Kier molecular flexibility index (Phi) is 8.93. The van der Waals surface area contributed by atoms with Crippen LogP contribution in [0.2, 0.25) is 0 Å². The van der Waals surface area contributed by atoms with E-state index in [1.54, 1.807) is 7.11 Å². The molecule has 0 fully saturated rings. The highest BCUT2D eigenvalue weighted by Gasteiger charge is 2.07. The average Bonchev–Trinajstić information content (AvgIpc) is 2.10. The Hall–Kier alpha value is 0.210. The molecule has 3 heteroatoms. The molecule has 0 aromatic heterocycles. The topological polar surface area (TPSA) is 12.5 Å². The molecule has 0 bridgehead atoms. The molecule has 0 spiro atoms. The zero-order valence-electron chi connectivity index (χ0n) is 9.05. The number of unbranched alkanes of at least 4 members (excludes halogenated alkanes) is 1. The van der Waals surface area contributed by atoms with Crippen molar-refractivity contribution in [3.63, 3.8) is 0 Å². The van der Waals surface area contributed by atoms with E-state index in [1.165, 1.54) is 6.42 Å². The second-order valence-corrected chi connectivity index (χ2v) is 3.90. The summed E-state index contributed by atoms with van der Waals surface area (Å²) in [6.45, 7) is 7.41. The molecule has 0 atom stereocenters. The van der Waals surface area contributed by atoms with Crippen LogP contribution in [0, 0.1) is 0 Å². The van der Waals surface area contributed by atoms with E-state index in [9.17, 15) is 0 Å². The van der Waals surface area contributed by atoms with Gasteiger partial charge in [0, 0.05) is 25.6 Å². The molecule has 2 nitrogen and oxygen atoms in total. The lowest BCUT2D eigenvalue weighted by molar-refractivity contribution is 0.128. The molecule has 0 aliphatic heterocycles. The van der Waals surface area contributed by atoms with E-state index in [2.05, 4.69) is 18.7 Å². The van der Waals surface area contributed by atoms with Crippen LogP contribution in [0.25, 0.3) is 0 Å². The van der Waals surface area contributed by atoms with Crippen LogP contribution in [0.15, 0.2) is 0 Å². The number of rotatable bonds is 8. The van der Waals surface area contributed by atoms with Crippen LogP contribution in [0.4, 0.5) is 0 Å². The van der Waals surface area contributed by atoms with Crippen molar-refractivity contribution in [3.8, 4) is 0 Å². The summed E-state index contributed by atoms with van der Waals surface area (Å²) in [7, 11) is 1.75. The summed E-state index contributed by atoms with van der Waals surface area (Å²) >= 11 is 5.63. The van der Waals surface area contributed by atoms with E-state index >= 15 is 0 Å². The highest BCUT2D eigenvalue weighted by atomic mass is 35.5. The SMILES string of the molecule is COCCN(CCCCCl)C(C)C. The Labute approximate surface area is 87.2 Å². The number of alkyl halides is 1. The van der Waals surface area contributed by atoms with Crippen molar-refractivity contribution in [2.24, 2.45) is 0 Å². The van der Waals surface area contributed by atoms with Crippen LogP contribution >= 0.6 is 11.6 Å². The highest BCUT2D eigenvalue weighted by Crippen LogP contribution is 2.02. The second kappa shape index (κ2) is 8.79. The molecule has 0 aromatic carbocycles. The number of nitrogens with zero attached hydrogens (tertiary/aromatic N) is 1. The molecule has 0 N–H and O–H groups in total. The van der Waals surface area contributed by atoms with Crippen molar-refractivity contribution in [1.82, 2.24) is 4.90 Å². The summed E-state index contributed by atoms with van der Waals surface area (Å²) < 4.78 is 5.06. The quantitative estimate of drug-likeness (QED) is 0.448. The molecule has 0 rings (SSSR count). The first-order valence-electron chi connectivity index (χ1n) is 5.01. The van der Waals surface area contributed by atoms with Crippen LogP contribution in [0.1, 0.15) is 26.7 Å². The first-order valence-corrected chi connectivity index (χ1v) is 5.54. The van der Waals surface area contributed by atoms with Gasteiger partial charge in [-0.3, -0.25) is 4.90 Å². The molecule has 13 heavy (non-hydrogen) atoms. The zero-order chi connectivity index (χ0) is 10.1. The van der Waals surface area contributed by atoms with Crippen LogP contribution in [-0.4, -0.2) is 43.6 Å². The molecule has 0 unspecified atom stereocenters.